The number of para-hydroxylation sites is 1. The van der Waals surface area contributed by atoms with Crippen LogP contribution in [0.25, 0.3) is 10.9 Å². The number of hydrogen-bond donors (Lipinski definition) is 1. The topological polar surface area (TPSA) is 15.8 Å². The predicted molar refractivity (Wildman–Crippen MR) is 169 cm³/mol. The second-order valence-electron chi connectivity index (χ2n) is 12.3. The largest absolute Gasteiger partial charge is 0.358 e. The van der Waals surface area contributed by atoms with Crippen LogP contribution in [0.2, 0.25) is 0 Å². The fourth-order valence-corrected chi connectivity index (χ4v) is 4.73. The van der Waals surface area contributed by atoms with Crippen molar-refractivity contribution in [2.45, 2.75) is 131 Å². The summed E-state index contributed by atoms with van der Waals surface area (Å²) in [7, 11) is 0. The van der Waals surface area contributed by atoms with Gasteiger partial charge in [-0.3, -0.25) is 0 Å². The van der Waals surface area contributed by atoms with E-state index in [0.717, 1.165) is 30.9 Å². The molecule has 3 rings (SSSR count). The number of nitrogens with one attached hydrogen (secondary N) is 1. The molecule has 1 aromatic heterocycles. The van der Waals surface area contributed by atoms with Crippen LogP contribution in [0.3, 0.4) is 0 Å². The molecule has 42 heavy (non-hydrogen) atoms. The molecule has 0 saturated carbocycles. The Morgan fingerprint density at radius 1 is 0.810 bits per heavy atom. The third-order valence-corrected chi connectivity index (χ3v) is 7.54. The number of unbranched alkanes of at least 4 members (excludes halogenated alkanes) is 3. The number of aryl methyl sites for hydroxylation is 1. The molecule has 0 radical (unpaired) electrons. The monoisotopic (exact) mass is 595 g/mol. The van der Waals surface area contributed by atoms with Crippen LogP contribution in [-0.4, -0.2) is 10.7 Å². The fraction of sp³-hybridized carbons (Fsp3) is 0.611. The van der Waals surface area contributed by atoms with Crippen molar-refractivity contribution in [2.75, 3.05) is 0 Å². The molecule has 1 atom stereocenters. The number of aromatic nitrogens is 1. The van der Waals surface area contributed by atoms with Gasteiger partial charge in [-0.25, -0.2) is 22.0 Å². The molecule has 0 aliphatic rings. The molecule has 0 aliphatic carbocycles. The summed E-state index contributed by atoms with van der Waals surface area (Å²) in [6.45, 7) is 15.5. The van der Waals surface area contributed by atoms with Crippen LogP contribution in [-0.2, 0) is 18.8 Å². The maximum absolute atomic E-state index is 14.3. The van der Waals surface area contributed by atoms with Crippen LogP contribution in [0.1, 0.15) is 124 Å². The van der Waals surface area contributed by atoms with Gasteiger partial charge in [-0.1, -0.05) is 85.4 Å². The summed E-state index contributed by atoms with van der Waals surface area (Å²) in [5.74, 6) is -5.27. The Labute approximate surface area is 251 Å². The molecule has 1 heterocycles. The first-order valence-corrected chi connectivity index (χ1v) is 15.8. The zero-order valence-corrected chi connectivity index (χ0v) is 27.2. The van der Waals surface area contributed by atoms with E-state index in [0.29, 0.717) is 25.3 Å². The van der Waals surface area contributed by atoms with Crippen LogP contribution in [0.5, 0.6) is 0 Å². The van der Waals surface area contributed by atoms with Gasteiger partial charge in [0, 0.05) is 34.1 Å². The van der Waals surface area contributed by atoms with Gasteiger partial charge in [-0.15, -0.1) is 0 Å². The van der Waals surface area contributed by atoms with Crippen molar-refractivity contribution in [3.05, 3.63) is 70.9 Å². The van der Waals surface area contributed by atoms with Crippen LogP contribution in [0, 0.1) is 23.5 Å². The Bertz CT molecular complexity index is 1140. The van der Waals surface area contributed by atoms with Gasteiger partial charge in [0.15, 0.2) is 0 Å². The lowest BCUT2D eigenvalue weighted by Gasteiger charge is -2.26. The molecule has 6 heteroatoms. The van der Waals surface area contributed by atoms with Crippen molar-refractivity contribution in [2.24, 2.45) is 11.8 Å². The number of rotatable bonds is 13. The maximum Gasteiger partial charge on any atom is 0.276 e. The van der Waals surface area contributed by atoms with E-state index in [1.807, 2.05) is 13.8 Å². The van der Waals surface area contributed by atoms with Crippen molar-refractivity contribution >= 4 is 10.9 Å². The first kappa shape index (κ1) is 37.7. The van der Waals surface area contributed by atoms with Gasteiger partial charge in [-0.2, -0.15) is 0 Å². The lowest BCUT2D eigenvalue weighted by Crippen LogP contribution is -2.25. The summed E-state index contributed by atoms with van der Waals surface area (Å²) in [6.07, 6.45) is 8.73. The number of benzene rings is 2. The summed E-state index contributed by atoms with van der Waals surface area (Å²) in [5, 5.41) is 1.42. The Hall–Kier alpha value is -2.37. The highest BCUT2D eigenvalue weighted by Crippen LogP contribution is 2.41. The lowest BCUT2D eigenvalue weighted by molar-refractivity contribution is -0.0708. The van der Waals surface area contributed by atoms with Crippen molar-refractivity contribution in [1.82, 2.24) is 4.98 Å². The van der Waals surface area contributed by atoms with Gasteiger partial charge in [0.1, 0.15) is 17.3 Å². The predicted octanol–water partition coefficient (Wildman–Crippen LogP) is 12.5. The first-order valence-electron chi connectivity index (χ1n) is 15.8. The first-order chi connectivity index (χ1) is 19.7. The zero-order valence-electron chi connectivity index (χ0n) is 27.2. The highest BCUT2D eigenvalue weighted by molar-refractivity contribution is 5.84. The summed E-state index contributed by atoms with van der Waals surface area (Å²) < 4.78 is 66.8. The molecule has 238 valence electrons. The van der Waals surface area contributed by atoms with Crippen molar-refractivity contribution in [3.63, 3.8) is 0 Å². The fourth-order valence-electron chi connectivity index (χ4n) is 4.73. The number of aromatic amines is 1. The van der Waals surface area contributed by atoms with Crippen molar-refractivity contribution in [3.8, 4) is 0 Å². The standard InChI is InChI=1S/C16H23N.C15H20F4.C5H11F/c1-4-5-9-16-14(11-12(2)3)13-8-6-7-10-15(13)17-16;1-3-5-6-7-11(4-2)15(18,19)12-8-13(16)10-14(17)9-12;1-4-5(2,3)6/h6-8,10,12,17H,4-5,9,11H2,1-3H3;8-11H,3-7H2,1-2H3;4H2,1-3H3. The highest BCUT2D eigenvalue weighted by atomic mass is 19.3. The van der Waals surface area contributed by atoms with Crippen molar-refractivity contribution in [1.29, 1.82) is 0 Å². The Morgan fingerprint density at radius 2 is 1.38 bits per heavy atom. The van der Waals surface area contributed by atoms with Crippen LogP contribution in [0.15, 0.2) is 42.5 Å². The van der Waals surface area contributed by atoms with Gasteiger partial charge >= 0.3 is 0 Å². The maximum atomic E-state index is 14.3. The number of halogens is 5. The van der Waals surface area contributed by atoms with Gasteiger partial charge in [0.25, 0.3) is 5.92 Å². The molecular formula is C36H54F5N. The van der Waals surface area contributed by atoms with E-state index in [1.54, 1.807) is 26.3 Å². The molecular weight excluding hydrogens is 541 g/mol. The highest BCUT2D eigenvalue weighted by Gasteiger charge is 2.40. The minimum absolute atomic E-state index is 0.287. The van der Waals surface area contributed by atoms with Crippen LogP contribution in [0.4, 0.5) is 22.0 Å². The smallest absolute Gasteiger partial charge is 0.276 e. The Morgan fingerprint density at radius 3 is 1.88 bits per heavy atom. The lowest BCUT2D eigenvalue weighted by atomic mass is 9.88. The van der Waals surface area contributed by atoms with E-state index in [1.165, 1.54) is 42.3 Å². The summed E-state index contributed by atoms with van der Waals surface area (Å²) >= 11 is 0. The second kappa shape index (κ2) is 18.3. The average Bonchev–Trinajstić information content (AvgIpc) is 3.26. The molecule has 0 saturated heterocycles. The average molecular weight is 596 g/mol. The Balaban J connectivity index is 0.000000354. The van der Waals surface area contributed by atoms with E-state index >= 15 is 0 Å². The molecule has 0 spiro atoms. The molecule has 0 amide bonds. The van der Waals surface area contributed by atoms with Crippen molar-refractivity contribution < 1.29 is 22.0 Å². The van der Waals surface area contributed by atoms with E-state index in [9.17, 15) is 22.0 Å². The molecule has 0 aliphatic heterocycles. The third-order valence-electron chi connectivity index (χ3n) is 7.54. The quantitative estimate of drug-likeness (QED) is 0.149. The zero-order chi connectivity index (χ0) is 31.9. The molecule has 0 bridgehead atoms. The van der Waals surface area contributed by atoms with E-state index in [4.69, 9.17) is 0 Å². The van der Waals surface area contributed by atoms with E-state index in [-0.39, 0.29) is 6.42 Å². The number of H-pyrrole nitrogens is 1. The molecule has 2 aromatic carbocycles. The summed E-state index contributed by atoms with van der Waals surface area (Å²) in [5.41, 5.74) is 2.79. The third kappa shape index (κ3) is 12.9. The van der Waals surface area contributed by atoms with Gasteiger partial charge in [0.05, 0.1) is 0 Å². The van der Waals surface area contributed by atoms with Crippen LogP contribution >= 0.6 is 0 Å². The van der Waals surface area contributed by atoms with Crippen LogP contribution < -0.4 is 0 Å². The molecule has 3 aromatic rings. The van der Waals surface area contributed by atoms with Gasteiger partial charge in [-0.05, 0) is 82.1 Å². The summed E-state index contributed by atoms with van der Waals surface area (Å²) in [4.78, 5) is 3.60. The normalized spacial score (nSPS) is 12.5. The second-order valence-corrected chi connectivity index (χ2v) is 12.3. The van der Waals surface area contributed by atoms with Gasteiger partial charge in [0.2, 0.25) is 0 Å². The van der Waals surface area contributed by atoms with E-state index < -0.39 is 34.7 Å². The number of fused-ring (bicyclic) bond motifs is 1. The van der Waals surface area contributed by atoms with E-state index in [2.05, 4.69) is 50.0 Å². The number of alkyl halides is 3. The minimum atomic E-state index is -3.19. The Kier molecular flexibility index (Phi) is 16.4. The SMILES string of the molecule is CCC(C)(C)F.CCCCCC(CC)C(F)(F)c1cc(F)cc(F)c1.CCCCc1[nH]c2ccccc2c1CC(C)C. The molecule has 1 N–H and O–H groups in total. The minimum Gasteiger partial charge on any atom is -0.358 e. The van der Waals surface area contributed by atoms with Gasteiger partial charge < -0.3 is 4.98 Å². The molecule has 0 fully saturated rings. The summed E-state index contributed by atoms with van der Waals surface area (Å²) in [6, 6.07) is 10.8. The molecule has 1 unspecified atom stereocenters. The molecule has 1 nitrogen and oxygen atoms in total. The number of hydrogen-bond acceptors (Lipinski definition) is 0.